The smallest absolute Gasteiger partial charge is 0.256 e. The van der Waals surface area contributed by atoms with E-state index in [2.05, 4.69) is 30.7 Å². The number of aromatic nitrogens is 4. The van der Waals surface area contributed by atoms with Crippen LogP contribution in [-0.2, 0) is 13.6 Å². The third-order valence-electron chi connectivity index (χ3n) is 12.5. The van der Waals surface area contributed by atoms with Gasteiger partial charge in [-0.15, -0.1) is 0 Å². The molecular formula is C49H48FN9O6. The summed E-state index contributed by atoms with van der Waals surface area (Å²) < 4.78 is 31.9. The molecule has 2 saturated heterocycles. The number of nitrogens with one attached hydrogen (secondary N) is 3. The molecule has 4 aliphatic heterocycles. The number of fused-ring (bicyclic) bond motifs is 4. The molecule has 2 fully saturated rings. The van der Waals surface area contributed by atoms with Crippen molar-refractivity contribution in [1.82, 2.24) is 39.1 Å². The monoisotopic (exact) mass is 877 g/mol. The lowest BCUT2D eigenvalue weighted by Crippen LogP contribution is -2.36. The predicted molar refractivity (Wildman–Crippen MR) is 246 cm³/mol. The van der Waals surface area contributed by atoms with Crippen LogP contribution in [0.15, 0.2) is 107 Å². The molecule has 7 aromatic rings. The van der Waals surface area contributed by atoms with Crippen molar-refractivity contribution in [3.8, 4) is 34.4 Å². The Balaban J connectivity index is 0.000000157. The molecule has 332 valence electrons. The molecular weight excluding hydrogens is 830 g/mol. The average Bonchev–Trinajstić information content (AvgIpc) is 4.13. The summed E-state index contributed by atoms with van der Waals surface area (Å²) >= 11 is 0. The van der Waals surface area contributed by atoms with Crippen LogP contribution in [0.2, 0.25) is 0 Å². The van der Waals surface area contributed by atoms with Gasteiger partial charge in [0.25, 0.3) is 11.8 Å². The van der Waals surface area contributed by atoms with Crippen molar-refractivity contribution in [3.63, 3.8) is 0 Å². The van der Waals surface area contributed by atoms with Crippen molar-refractivity contribution in [2.75, 3.05) is 57.7 Å². The number of hydrogen-bond acceptors (Lipinski definition) is 10. The van der Waals surface area contributed by atoms with Gasteiger partial charge in [-0.2, -0.15) is 0 Å². The summed E-state index contributed by atoms with van der Waals surface area (Å²) in [5.74, 6) is 1.22. The van der Waals surface area contributed by atoms with Crippen LogP contribution in [-0.4, -0.2) is 92.7 Å². The molecule has 0 unspecified atom stereocenters. The normalized spacial score (nSPS) is 14.8. The first-order valence-corrected chi connectivity index (χ1v) is 22.1. The fourth-order valence-electron chi connectivity index (χ4n) is 9.10. The maximum Gasteiger partial charge on any atom is 0.256 e. The van der Waals surface area contributed by atoms with E-state index in [-0.39, 0.29) is 33.6 Å². The van der Waals surface area contributed by atoms with Crippen LogP contribution < -0.4 is 36.3 Å². The average molecular weight is 878 g/mol. The van der Waals surface area contributed by atoms with E-state index >= 15 is 0 Å². The SMILES string of the molecule is Cn1ccnc1CNc1ccc2c(=O)c(C(=O)NCCN3CCCC3)cn3c2c1Oc1ccccc1-3.O=C(NCCN1CCCC1)c1cn2c3c(c(F)ccc3c1=O)Oc1ccccc1-2. The number of hydrogen-bond donors (Lipinski definition) is 3. The van der Waals surface area contributed by atoms with E-state index in [0.717, 1.165) is 56.5 Å². The summed E-state index contributed by atoms with van der Waals surface area (Å²) in [4.78, 5) is 61.3. The highest BCUT2D eigenvalue weighted by molar-refractivity contribution is 6.01. The summed E-state index contributed by atoms with van der Waals surface area (Å²) in [5, 5.41) is 9.88. The Morgan fingerprint density at radius 2 is 1.18 bits per heavy atom. The molecule has 15 nitrogen and oxygen atoms in total. The Labute approximate surface area is 373 Å². The van der Waals surface area contributed by atoms with Crippen LogP contribution in [0.3, 0.4) is 0 Å². The number of ether oxygens (including phenoxy) is 2. The zero-order valence-electron chi connectivity index (χ0n) is 35.9. The molecule has 2 amide bonds. The van der Waals surface area contributed by atoms with Crippen molar-refractivity contribution in [2.24, 2.45) is 7.05 Å². The van der Waals surface area contributed by atoms with Gasteiger partial charge in [0.1, 0.15) is 28.0 Å². The molecule has 0 atom stereocenters. The lowest BCUT2D eigenvalue weighted by Gasteiger charge is -2.25. The summed E-state index contributed by atoms with van der Waals surface area (Å²) in [6.45, 7) is 7.26. The van der Waals surface area contributed by atoms with Crippen LogP contribution in [0.1, 0.15) is 52.2 Å². The van der Waals surface area contributed by atoms with Crippen LogP contribution >= 0.6 is 0 Å². The van der Waals surface area contributed by atoms with Crippen LogP contribution in [0.25, 0.3) is 33.2 Å². The summed E-state index contributed by atoms with van der Waals surface area (Å²) in [6.07, 6.45) is 11.5. The molecule has 65 heavy (non-hydrogen) atoms. The first-order valence-electron chi connectivity index (χ1n) is 22.1. The highest BCUT2D eigenvalue weighted by Gasteiger charge is 2.28. The van der Waals surface area contributed by atoms with Gasteiger partial charge in [-0.3, -0.25) is 19.2 Å². The molecule has 3 aromatic heterocycles. The van der Waals surface area contributed by atoms with Gasteiger partial charge in [0.2, 0.25) is 10.9 Å². The van der Waals surface area contributed by atoms with E-state index in [1.807, 2.05) is 64.8 Å². The van der Waals surface area contributed by atoms with Gasteiger partial charge in [0.05, 0.1) is 34.4 Å². The Bertz CT molecular complexity index is 3110. The number of pyridine rings is 2. The fourth-order valence-corrected chi connectivity index (χ4v) is 9.10. The fraction of sp³-hybridized carbons (Fsp3) is 0.286. The van der Waals surface area contributed by atoms with Crippen molar-refractivity contribution >= 4 is 39.3 Å². The Morgan fingerprint density at radius 3 is 1.72 bits per heavy atom. The van der Waals surface area contributed by atoms with E-state index in [1.54, 1.807) is 35.2 Å². The maximum absolute atomic E-state index is 14.4. The molecule has 0 spiro atoms. The molecule has 4 aliphatic rings. The Morgan fingerprint density at radius 1 is 0.677 bits per heavy atom. The Kier molecular flexibility index (Phi) is 11.4. The molecule has 16 heteroatoms. The van der Waals surface area contributed by atoms with Crippen molar-refractivity contribution < 1.29 is 23.5 Å². The maximum atomic E-state index is 14.4. The number of carbonyl (C=O) groups excluding carboxylic acids is 2. The van der Waals surface area contributed by atoms with E-state index in [9.17, 15) is 23.6 Å². The highest BCUT2D eigenvalue weighted by atomic mass is 19.1. The minimum absolute atomic E-state index is 0.000656. The predicted octanol–water partition coefficient (Wildman–Crippen LogP) is 6.33. The van der Waals surface area contributed by atoms with Gasteiger partial charge >= 0.3 is 0 Å². The molecule has 0 bridgehead atoms. The van der Waals surface area contributed by atoms with Gasteiger partial charge in [-0.1, -0.05) is 24.3 Å². The first-order chi connectivity index (χ1) is 31.7. The van der Waals surface area contributed by atoms with Gasteiger partial charge in [-0.25, -0.2) is 9.37 Å². The summed E-state index contributed by atoms with van der Waals surface area (Å²) in [5.41, 5.74) is 2.58. The molecule has 0 radical (unpaired) electrons. The third kappa shape index (κ3) is 7.99. The molecule has 7 heterocycles. The van der Waals surface area contributed by atoms with Crippen LogP contribution in [0.4, 0.5) is 10.1 Å². The quantitative estimate of drug-likeness (QED) is 0.134. The lowest BCUT2D eigenvalue weighted by atomic mass is 10.1. The Hall–Kier alpha value is -7.30. The zero-order valence-corrected chi connectivity index (χ0v) is 35.9. The topological polar surface area (TPSA) is 157 Å². The highest BCUT2D eigenvalue weighted by Crippen LogP contribution is 2.44. The number of likely N-dealkylation sites (tertiary alicyclic amines) is 2. The number of halogens is 1. The van der Waals surface area contributed by atoms with Crippen molar-refractivity contribution in [3.05, 3.63) is 141 Å². The first kappa shape index (κ1) is 41.7. The molecule has 0 aliphatic carbocycles. The van der Waals surface area contributed by atoms with Gasteiger partial charge in [0.15, 0.2) is 28.8 Å². The number of rotatable bonds is 11. The number of amides is 2. The minimum atomic E-state index is -0.553. The molecule has 4 aromatic carbocycles. The minimum Gasteiger partial charge on any atom is -0.451 e. The second kappa shape index (κ2) is 17.7. The largest absolute Gasteiger partial charge is 0.451 e. The molecule has 11 rings (SSSR count). The molecule has 0 saturated carbocycles. The number of benzene rings is 4. The number of para-hydroxylation sites is 4. The van der Waals surface area contributed by atoms with Crippen LogP contribution in [0, 0.1) is 5.82 Å². The summed E-state index contributed by atoms with van der Waals surface area (Å²) in [7, 11) is 1.94. The van der Waals surface area contributed by atoms with E-state index in [4.69, 9.17) is 9.47 Å². The van der Waals surface area contributed by atoms with E-state index < -0.39 is 17.2 Å². The van der Waals surface area contributed by atoms with Crippen LogP contribution in [0.5, 0.6) is 23.0 Å². The van der Waals surface area contributed by atoms with Crippen molar-refractivity contribution in [1.29, 1.82) is 0 Å². The standard InChI is InChI=1S/C27H28N6O3.C22H20FN3O3/c1-31-14-10-28-23(31)16-30-20-9-8-18-24-26(20)36-22-7-3-2-6-21(22)33(24)17-19(25(18)34)27(35)29-11-15-32-12-4-5-13-32;23-16-8-7-14-19-21(16)29-18-6-2-1-5-17(18)26(19)13-15(20(14)27)22(28)24-9-12-25-10-3-4-11-25/h2-3,6-10,14,17,30H,4-5,11-13,15-16H2,1H3,(H,29,35);1-2,5-8,13H,3-4,9-12H2,(H,24,28). The summed E-state index contributed by atoms with van der Waals surface area (Å²) in [6, 6.07) is 21.0. The number of aryl methyl sites for hydroxylation is 1. The lowest BCUT2D eigenvalue weighted by molar-refractivity contribution is 0.0940. The number of carbonyl (C=O) groups is 2. The second-order valence-electron chi connectivity index (χ2n) is 16.7. The number of anilines is 1. The van der Waals surface area contributed by atoms with E-state index in [0.29, 0.717) is 59.0 Å². The number of nitrogens with zero attached hydrogens (tertiary/aromatic N) is 6. The second-order valence-corrected chi connectivity index (χ2v) is 16.7. The third-order valence-corrected chi connectivity index (χ3v) is 12.5. The van der Waals surface area contributed by atoms with Gasteiger partial charge in [0, 0.05) is 58.0 Å². The van der Waals surface area contributed by atoms with Crippen molar-refractivity contribution in [2.45, 2.75) is 32.2 Å². The van der Waals surface area contributed by atoms with Gasteiger partial charge < -0.3 is 48.9 Å². The zero-order chi connectivity index (χ0) is 44.6. The van der Waals surface area contributed by atoms with Gasteiger partial charge in [-0.05, 0) is 100 Å². The number of imidazole rings is 1. The van der Waals surface area contributed by atoms with E-state index in [1.165, 1.54) is 44.0 Å². The molecule has 3 N–H and O–H groups in total.